The first-order valence-corrected chi connectivity index (χ1v) is 8.14. The predicted octanol–water partition coefficient (Wildman–Crippen LogP) is 2.02. The first-order valence-electron chi connectivity index (χ1n) is 6.74. The van der Waals surface area contributed by atoms with Gasteiger partial charge < -0.3 is 0 Å². The second kappa shape index (κ2) is 5.13. The molecule has 5 nitrogen and oxygen atoms in total. The van der Waals surface area contributed by atoms with E-state index in [0.29, 0.717) is 5.69 Å². The van der Waals surface area contributed by atoms with Crippen molar-refractivity contribution < 1.29 is 8.42 Å². The molecule has 0 atom stereocenters. The van der Waals surface area contributed by atoms with Gasteiger partial charge in [-0.25, -0.2) is 8.96 Å². The Morgan fingerprint density at radius 1 is 1.24 bits per heavy atom. The van der Waals surface area contributed by atoms with Crippen molar-refractivity contribution in [2.24, 2.45) is 0 Å². The summed E-state index contributed by atoms with van der Waals surface area (Å²) in [6.07, 6.45) is 6.75. The van der Waals surface area contributed by atoms with Crippen LogP contribution in [0.15, 0.2) is 36.8 Å². The van der Waals surface area contributed by atoms with E-state index in [1.165, 1.54) is 39.8 Å². The monoisotopic (exact) mass is 303 g/mol. The van der Waals surface area contributed by atoms with Gasteiger partial charge in [0.05, 0.1) is 11.9 Å². The molecule has 0 unspecified atom stereocenters. The van der Waals surface area contributed by atoms with Gasteiger partial charge in [0, 0.05) is 14.1 Å². The molecule has 6 heteroatoms. The molecule has 1 aromatic carbocycles. The number of imidazole rings is 1. The van der Waals surface area contributed by atoms with Crippen LogP contribution in [0, 0.1) is 0 Å². The molecule has 0 saturated carbocycles. The molecule has 0 radical (unpaired) electrons. The van der Waals surface area contributed by atoms with Crippen LogP contribution in [0.25, 0.3) is 11.6 Å². The zero-order chi connectivity index (χ0) is 15.0. The number of allylic oxidation sites excluding steroid dienone is 1. The fourth-order valence-electron chi connectivity index (χ4n) is 2.55. The maximum Gasteiger partial charge on any atom is 0.308 e. The number of fused-ring (bicyclic) bond motifs is 1. The molecule has 0 saturated heterocycles. The third-order valence-corrected chi connectivity index (χ3v) is 5.42. The lowest BCUT2D eigenvalue weighted by atomic mass is 10.1. The zero-order valence-corrected chi connectivity index (χ0v) is 12.8. The minimum Gasteiger partial charge on any atom is -0.243 e. The number of rotatable bonds is 3. The summed E-state index contributed by atoms with van der Waals surface area (Å²) in [6, 6.07) is 8.23. The molecule has 2 aromatic rings. The predicted molar refractivity (Wildman–Crippen MR) is 82.9 cm³/mol. The molecule has 1 aromatic heterocycles. The van der Waals surface area contributed by atoms with Gasteiger partial charge in [0.25, 0.3) is 0 Å². The van der Waals surface area contributed by atoms with Crippen LogP contribution in [0.4, 0.5) is 0 Å². The molecule has 0 spiro atoms. The van der Waals surface area contributed by atoms with Crippen LogP contribution >= 0.6 is 0 Å². The van der Waals surface area contributed by atoms with E-state index in [-0.39, 0.29) is 0 Å². The van der Waals surface area contributed by atoms with Crippen molar-refractivity contribution >= 4 is 21.9 Å². The molecule has 0 amide bonds. The summed E-state index contributed by atoms with van der Waals surface area (Å²) >= 11 is 0. The normalized spacial score (nSPS) is 16.6. The summed E-state index contributed by atoms with van der Waals surface area (Å²) < 4.78 is 26.9. The Morgan fingerprint density at radius 3 is 2.76 bits per heavy atom. The van der Waals surface area contributed by atoms with Gasteiger partial charge in [-0.2, -0.15) is 12.7 Å². The van der Waals surface area contributed by atoms with E-state index < -0.39 is 10.2 Å². The van der Waals surface area contributed by atoms with Gasteiger partial charge >= 0.3 is 10.2 Å². The third-order valence-electron chi connectivity index (χ3n) is 3.69. The lowest BCUT2D eigenvalue weighted by Crippen LogP contribution is -2.29. The third kappa shape index (κ3) is 2.41. The molecule has 1 aliphatic rings. The number of nitrogens with zero attached hydrogens (tertiary/aromatic N) is 3. The van der Waals surface area contributed by atoms with Crippen LogP contribution in [0.5, 0.6) is 0 Å². The maximum atomic E-state index is 12.3. The van der Waals surface area contributed by atoms with Crippen LogP contribution in [-0.4, -0.2) is 35.8 Å². The Hall–Kier alpha value is -1.92. The second-order valence-corrected chi connectivity index (χ2v) is 7.25. The van der Waals surface area contributed by atoms with Crippen LogP contribution < -0.4 is 0 Å². The molecule has 0 N–H and O–H groups in total. The summed E-state index contributed by atoms with van der Waals surface area (Å²) in [6.45, 7) is 0. The smallest absolute Gasteiger partial charge is 0.243 e. The minimum absolute atomic E-state index is 0.579. The molecule has 21 heavy (non-hydrogen) atoms. The van der Waals surface area contributed by atoms with Crippen molar-refractivity contribution in [3.05, 3.63) is 53.6 Å². The van der Waals surface area contributed by atoms with Crippen LogP contribution in [0.3, 0.4) is 0 Å². The standard InChI is InChI=1S/C15H17N3O2S/c1-17(2)21(19,20)18-11-16-10-14(18)9-13-8-7-12-5-3-4-6-15(12)13/h3-6,9-11H,7-8H2,1-2H3. The average molecular weight is 303 g/mol. The van der Waals surface area contributed by atoms with E-state index in [0.717, 1.165) is 18.4 Å². The molecule has 1 heterocycles. The molecule has 3 rings (SSSR count). The fourth-order valence-corrected chi connectivity index (χ4v) is 3.44. The highest BCUT2D eigenvalue weighted by atomic mass is 32.2. The zero-order valence-electron chi connectivity index (χ0n) is 12.0. The van der Waals surface area contributed by atoms with Gasteiger partial charge in [0.15, 0.2) is 0 Å². The minimum atomic E-state index is -3.54. The highest BCUT2D eigenvalue weighted by molar-refractivity contribution is 7.87. The first-order chi connectivity index (χ1) is 10.00. The Kier molecular flexibility index (Phi) is 3.43. The molecule has 110 valence electrons. The van der Waals surface area contributed by atoms with Crippen LogP contribution in [0.2, 0.25) is 0 Å². The van der Waals surface area contributed by atoms with Gasteiger partial charge in [-0.05, 0) is 35.6 Å². The largest absolute Gasteiger partial charge is 0.308 e. The van der Waals surface area contributed by atoms with Gasteiger partial charge in [0.1, 0.15) is 6.33 Å². The van der Waals surface area contributed by atoms with Gasteiger partial charge in [0.2, 0.25) is 0 Å². The van der Waals surface area contributed by atoms with E-state index >= 15 is 0 Å². The average Bonchev–Trinajstić information content (AvgIpc) is 3.07. The number of aryl methyl sites for hydroxylation is 1. The number of hydrogen-bond acceptors (Lipinski definition) is 3. The van der Waals surface area contributed by atoms with Crippen molar-refractivity contribution in [3.8, 4) is 0 Å². The van der Waals surface area contributed by atoms with Gasteiger partial charge in [-0.3, -0.25) is 0 Å². The van der Waals surface area contributed by atoms with Crippen molar-refractivity contribution in [2.75, 3.05) is 14.1 Å². The Balaban J connectivity index is 2.06. The quantitative estimate of drug-likeness (QED) is 0.872. The Morgan fingerprint density at radius 2 is 2.00 bits per heavy atom. The van der Waals surface area contributed by atoms with E-state index in [4.69, 9.17) is 0 Å². The molecule has 1 aliphatic carbocycles. The van der Waals surface area contributed by atoms with Crippen molar-refractivity contribution in [2.45, 2.75) is 12.8 Å². The van der Waals surface area contributed by atoms with Crippen LogP contribution in [-0.2, 0) is 16.6 Å². The van der Waals surface area contributed by atoms with E-state index in [9.17, 15) is 8.42 Å². The van der Waals surface area contributed by atoms with Gasteiger partial charge in [-0.1, -0.05) is 24.3 Å². The van der Waals surface area contributed by atoms with Crippen molar-refractivity contribution in [3.63, 3.8) is 0 Å². The molecule has 0 aliphatic heterocycles. The van der Waals surface area contributed by atoms with Crippen molar-refractivity contribution in [1.29, 1.82) is 0 Å². The van der Waals surface area contributed by atoms with Crippen molar-refractivity contribution in [1.82, 2.24) is 13.3 Å². The van der Waals surface area contributed by atoms with Gasteiger partial charge in [-0.15, -0.1) is 0 Å². The lowest BCUT2D eigenvalue weighted by molar-refractivity contribution is 0.510. The highest BCUT2D eigenvalue weighted by Crippen LogP contribution is 2.33. The molecular formula is C15H17N3O2S. The topological polar surface area (TPSA) is 55.2 Å². The SMILES string of the molecule is CN(C)S(=O)(=O)n1cncc1C=C1CCc2ccccc21. The summed E-state index contributed by atoms with van der Waals surface area (Å²) in [7, 11) is -0.518. The molecule has 0 bridgehead atoms. The Labute approximate surface area is 124 Å². The summed E-state index contributed by atoms with van der Waals surface area (Å²) in [5.41, 5.74) is 4.24. The number of aromatic nitrogens is 2. The number of benzene rings is 1. The molecule has 0 fully saturated rings. The number of hydrogen-bond donors (Lipinski definition) is 0. The summed E-state index contributed by atoms with van der Waals surface area (Å²) in [5.74, 6) is 0. The summed E-state index contributed by atoms with van der Waals surface area (Å²) in [5, 5.41) is 0. The summed E-state index contributed by atoms with van der Waals surface area (Å²) in [4.78, 5) is 3.98. The van der Waals surface area contributed by atoms with E-state index in [1.807, 2.05) is 18.2 Å². The lowest BCUT2D eigenvalue weighted by Gasteiger charge is -2.13. The van der Waals surface area contributed by atoms with Crippen LogP contribution in [0.1, 0.15) is 23.2 Å². The maximum absolute atomic E-state index is 12.3. The highest BCUT2D eigenvalue weighted by Gasteiger charge is 2.20. The Bertz CT molecular complexity index is 804. The van der Waals surface area contributed by atoms with E-state index in [2.05, 4.69) is 17.1 Å². The van der Waals surface area contributed by atoms with E-state index in [1.54, 1.807) is 6.20 Å². The second-order valence-electron chi connectivity index (χ2n) is 5.23. The first kappa shape index (κ1) is 14.0. The molecular weight excluding hydrogens is 286 g/mol. The fraction of sp³-hybridized carbons (Fsp3) is 0.267.